The average Bonchev–Trinajstić information content (AvgIpc) is 2.90. The third kappa shape index (κ3) is 3.26. The van der Waals surface area contributed by atoms with E-state index in [1.165, 1.54) is 0 Å². The number of oxazole rings is 1. The molecule has 0 atom stereocenters. The second kappa shape index (κ2) is 6.36. The Labute approximate surface area is 122 Å². The fourth-order valence-corrected chi connectivity index (χ4v) is 1.80. The fraction of sp³-hybridized carbons (Fsp3) is 0.200. The van der Waals surface area contributed by atoms with Crippen LogP contribution in [0.4, 0.5) is 5.69 Å². The van der Waals surface area contributed by atoms with E-state index < -0.39 is 0 Å². The molecule has 1 heterocycles. The average molecular weight is 279 g/mol. The van der Waals surface area contributed by atoms with E-state index in [1.54, 1.807) is 24.3 Å². The van der Waals surface area contributed by atoms with Crippen LogP contribution in [0.15, 0.2) is 33.8 Å². The highest BCUT2D eigenvalue weighted by Crippen LogP contribution is 2.24. The Morgan fingerprint density at radius 3 is 2.76 bits per heavy atom. The van der Waals surface area contributed by atoms with Gasteiger partial charge in [-0.2, -0.15) is 15.6 Å². The molecule has 0 radical (unpaired) electrons. The van der Waals surface area contributed by atoms with E-state index in [4.69, 9.17) is 14.9 Å². The van der Waals surface area contributed by atoms with E-state index in [0.29, 0.717) is 11.6 Å². The summed E-state index contributed by atoms with van der Waals surface area (Å²) < 4.78 is 5.64. The van der Waals surface area contributed by atoms with Crippen LogP contribution >= 0.6 is 0 Å². The Morgan fingerprint density at radius 1 is 1.38 bits per heavy atom. The molecule has 0 spiro atoms. The molecule has 0 saturated carbocycles. The molecule has 1 aromatic heterocycles. The van der Waals surface area contributed by atoms with E-state index in [9.17, 15) is 0 Å². The predicted molar refractivity (Wildman–Crippen MR) is 78.3 cm³/mol. The lowest BCUT2D eigenvalue weighted by molar-refractivity contribution is 0.540. The monoisotopic (exact) mass is 279 g/mol. The number of hydrogen-bond acceptors (Lipinski definition) is 6. The minimum atomic E-state index is -0.236. The molecule has 2 rings (SSSR count). The van der Waals surface area contributed by atoms with Gasteiger partial charge in [0.15, 0.2) is 0 Å². The molecule has 0 aliphatic rings. The summed E-state index contributed by atoms with van der Waals surface area (Å²) in [6.45, 7) is 3.90. The van der Waals surface area contributed by atoms with E-state index in [1.807, 2.05) is 26.0 Å². The van der Waals surface area contributed by atoms with Gasteiger partial charge in [-0.05, 0) is 31.5 Å². The lowest BCUT2D eigenvalue weighted by Gasteiger charge is -2.01. The molecule has 0 unspecified atom stereocenters. The lowest BCUT2D eigenvalue weighted by atomic mass is 10.2. The zero-order valence-corrected chi connectivity index (χ0v) is 11.7. The number of anilines is 1. The highest BCUT2D eigenvalue weighted by Gasteiger charge is 2.10. The van der Waals surface area contributed by atoms with Gasteiger partial charge < -0.3 is 4.42 Å². The van der Waals surface area contributed by atoms with Crippen molar-refractivity contribution in [1.29, 1.82) is 10.5 Å². The van der Waals surface area contributed by atoms with Crippen LogP contribution in [0.25, 0.3) is 11.5 Å². The van der Waals surface area contributed by atoms with Crippen LogP contribution in [0, 0.1) is 29.6 Å². The van der Waals surface area contributed by atoms with Crippen molar-refractivity contribution in [2.75, 3.05) is 5.43 Å². The highest BCUT2D eigenvalue weighted by atomic mass is 16.4. The maximum absolute atomic E-state index is 8.63. The van der Waals surface area contributed by atoms with Gasteiger partial charge in [-0.15, -0.1) is 0 Å². The third-order valence-electron chi connectivity index (χ3n) is 2.85. The number of benzene rings is 1. The molecule has 1 aromatic carbocycles. The van der Waals surface area contributed by atoms with Gasteiger partial charge in [0.1, 0.15) is 17.9 Å². The molecule has 0 amide bonds. The van der Waals surface area contributed by atoms with Gasteiger partial charge in [-0.1, -0.05) is 13.0 Å². The zero-order valence-electron chi connectivity index (χ0n) is 11.7. The van der Waals surface area contributed by atoms with E-state index in [2.05, 4.69) is 15.5 Å². The molecular weight excluding hydrogens is 266 g/mol. The summed E-state index contributed by atoms with van der Waals surface area (Å²) in [6, 6.07) is 10.6. The van der Waals surface area contributed by atoms with Crippen LogP contribution in [0.1, 0.15) is 18.4 Å². The number of aryl methyl sites for hydroxylation is 2. The minimum absolute atomic E-state index is 0.236. The number of nitrogens with one attached hydrogen (secondary N) is 1. The number of aromatic nitrogens is 1. The van der Waals surface area contributed by atoms with E-state index >= 15 is 0 Å². The van der Waals surface area contributed by atoms with Gasteiger partial charge in [0.25, 0.3) is 0 Å². The van der Waals surface area contributed by atoms with Gasteiger partial charge in [0.2, 0.25) is 11.6 Å². The standard InChI is InChI=1S/C15H13N5O/c1-3-14-10(2)21-15(18-14)11-5-4-6-12(7-11)19-20-13(8-16)9-17/h4-7,19H,3H2,1-2H3. The van der Waals surface area contributed by atoms with Crippen LogP contribution in [0.3, 0.4) is 0 Å². The van der Waals surface area contributed by atoms with Crippen molar-refractivity contribution < 1.29 is 4.42 Å². The first kappa shape index (κ1) is 14.3. The summed E-state index contributed by atoms with van der Waals surface area (Å²) in [6.07, 6.45) is 0.811. The van der Waals surface area contributed by atoms with Crippen LogP contribution in [-0.4, -0.2) is 10.7 Å². The van der Waals surface area contributed by atoms with Crippen molar-refractivity contribution in [3.05, 3.63) is 35.7 Å². The van der Waals surface area contributed by atoms with Crippen LogP contribution in [0.2, 0.25) is 0 Å². The summed E-state index contributed by atoms with van der Waals surface area (Å²) in [5.41, 5.74) is 4.80. The number of hydrogen-bond donors (Lipinski definition) is 1. The summed E-state index contributed by atoms with van der Waals surface area (Å²) in [5.74, 6) is 1.35. The number of nitriles is 2. The SMILES string of the molecule is CCc1nc(-c2cccc(NN=C(C#N)C#N)c2)oc1C. The largest absolute Gasteiger partial charge is 0.441 e. The second-order valence-corrected chi connectivity index (χ2v) is 4.25. The van der Waals surface area contributed by atoms with Crippen molar-refractivity contribution in [2.45, 2.75) is 20.3 Å². The molecule has 0 aliphatic heterocycles. The topological polar surface area (TPSA) is 98.0 Å². The second-order valence-electron chi connectivity index (χ2n) is 4.25. The zero-order chi connectivity index (χ0) is 15.2. The lowest BCUT2D eigenvalue weighted by Crippen LogP contribution is -1.96. The Bertz CT molecular complexity index is 745. The van der Waals surface area contributed by atoms with Crippen molar-refractivity contribution >= 4 is 11.4 Å². The molecular formula is C15H13N5O. The summed E-state index contributed by atoms with van der Waals surface area (Å²) in [7, 11) is 0. The summed E-state index contributed by atoms with van der Waals surface area (Å²) in [4.78, 5) is 4.43. The molecule has 1 N–H and O–H groups in total. The van der Waals surface area contributed by atoms with Crippen LogP contribution in [0.5, 0.6) is 0 Å². The Balaban J connectivity index is 2.28. The van der Waals surface area contributed by atoms with E-state index in [-0.39, 0.29) is 5.71 Å². The Kier molecular flexibility index (Phi) is 4.33. The molecule has 6 nitrogen and oxygen atoms in total. The van der Waals surface area contributed by atoms with Crippen LogP contribution < -0.4 is 5.43 Å². The molecule has 6 heteroatoms. The molecule has 0 saturated heterocycles. The van der Waals surface area contributed by atoms with Crippen LogP contribution in [-0.2, 0) is 6.42 Å². The quantitative estimate of drug-likeness (QED) is 0.685. The normalized spacial score (nSPS) is 9.52. The Morgan fingerprint density at radius 2 is 2.14 bits per heavy atom. The van der Waals surface area contributed by atoms with Crippen molar-refractivity contribution in [3.8, 4) is 23.6 Å². The first-order chi connectivity index (χ1) is 10.2. The van der Waals surface area contributed by atoms with Crippen molar-refractivity contribution in [3.63, 3.8) is 0 Å². The molecule has 0 bridgehead atoms. The highest BCUT2D eigenvalue weighted by molar-refractivity contribution is 6.10. The first-order valence-electron chi connectivity index (χ1n) is 6.38. The Hall–Kier alpha value is -3.12. The summed E-state index contributed by atoms with van der Waals surface area (Å²) >= 11 is 0. The summed E-state index contributed by atoms with van der Waals surface area (Å²) in [5, 5.41) is 21.0. The first-order valence-corrected chi connectivity index (χ1v) is 6.38. The molecule has 0 aliphatic carbocycles. The van der Waals surface area contributed by atoms with Crippen molar-refractivity contribution in [1.82, 2.24) is 4.98 Å². The minimum Gasteiger partial charge on any atom is -0.441 e. The molecule has 0 fully saturated rings. The van der Waals surface area contributed by atoms with Crippen molar-refractivity contribution in [2.24, 2.45) is 5.10 Å². The van der Waals surface area contributed by atoms with E-state index in [0.717, 1.165) is 23.4 Å². The predicted octanol–water partition coefficient (Wildman–Crippen LogP) is 3.03. The van der Waals surface area contributed by atoms with Gasteiger partial charge in [0.05, 0.1) is 11.4 Å². The molecule has 104 valence electrons. The molecule has 2 aromatic rings. The maximum atomic E-state index is 8.63. The maximum Gasteiger partial charge on any atom is 0.237 e. The molecule has 21 heavy (non-hydrogen) atoms. The smallest absolute Gasteiger partial charge is 0.237 e. The van der Waals surface area contributed by atoms with Gasteiger partial charge in [0, 0.05) is 5.56 Å². The van der Waals surface area contributed by atoms with Gasteiger partial charge in [-0.25, -0.2) is 4.98 Å². The number of nitrogens with zero attached hydrogens (tertiary/aromatic N) is 4. The fourth-order valence-electron chi connectivity index (χ4n) is 1.80. The number of rotatable bonds is 4. The van der Waals surface area contributed by atoms with Gasteiger partial charge in [-0.3, -0.25) is 5.43 Å². The third-order valence-corrected chi connectivity index (χ3v) is 2.85. The van der Waals surface area contributed by atoms with Gasteiger partial charge >= 0.3 is 0 Å². The number of hydrazone groups is 1.